The van der Waals surface area contributed by atoms with E-state index in [1.54, 1.807) is 6.07 Å². The second-order valence-corrected chi connectivity index (χ2v) is 7.06. The molecule has 1 fully saturated rings. The predicted octanol–water partition coefficient (Wildman–Crippen LogP) is 3.65. The number of anilines is 2. The summed E-state index contributed by atoms with van der Waals surface area (Å²) in [5, 5.41) is 4.58. The van der Waals surface area contributed by atoms with Gasteiger partial charge in [0.1, 0.15) is 5.82 Å². The summed E-state index contributed by atoms with van der Waals surface area (Å²) in [5.74, 6) is 0.953. The minimum atomic E-state index is -0.0413. The van der Waals surface area contributed by atoms with Crippen molar-refractivity contribution in [3.8, 4) is 0 Å². The Labute approximate surface area is 163 Å². The lowest BCUT2D eigenvalue weighted by molar-refractivity contribution is -0.117. The Morgan fingerprint density at radius 3 is 2.52 bits per heavy atom. The number of amides is 1. The van der Waals surface area contributed by atoms with Crippen LogP contribution in [-0.2, 0) is 4.79 Å². The quantitative estimate of drug-likeness (QED) is 0.750. The lowest BCUT2D eigenvalue weighted by Gasteiger charge is -2.35. The van der Waals surface area contributed by atoms with E-state index >= 15 is 0 Å². The Morgan fingerprint density at radius 1 is 0.963 bits per heavy atom. The van der Waals surface area contributed by atoms with Gasteiger partial charge in [0.2, 0.25) is 5.91 Å². The third kappa shape index (κ3) is 4.21. The highest BCUT2D eigenvalue weighted by Crippen LogP contribution is 2.21. The van der Waals surface area contributed by atoms with Crippen molar-refractivity contribution in [2.75, 3.05) is 42.9 Å². The molecule has 0 spiro atoms. The monoisotopic (exact) mass is 380 g/mol. The molecule has 1 aromatic heterocycles. The molecular formula is C21H21ClN4O. The number of carbonyl (C=O) groups excluding carboxylic acids is 1. The number of pyridine rings is 1. The molecule has 0 saturated carbocycles. The van der Waals surface area contributed by atoms with E-state index < -0.39 is 0 Å². The molecule has 1 amide bonds. The molecule has 138 valence electrons. The predicted molar refractivity (Wildman–Crippen MR) is 110 cm³/mol. The van der Waals surface area contributed by atoms with E-state index in [1.807, 2.05) is 36.4 Å². The van der Waals surface area contributed by atoms with Crippen LogP contribution in [0, 0.1) is 0 Å². The van der Waals surface area contributed by atoms with Gasteiger partial charge in [-0.3, -0.25) is 9.69 Å². The van der Waals surface area contributed by atoms with Crippen LogP contribution in [0.3, 0.4) is 0 Å². The molecule has 0 atom stereocenters. The number of halogens is 1. The summed E-state index contributed by atoms with van der Waals surface area (Å²) in [5.41, 5.74) is 1.67. The average molecular weight is 381 g/mol. The van der Waals surface area contributed by atoms with Gasteiger partial charge in [-0.2, -0.15) is 0 Å². The number of para-hydroxylation sites is 2. The SMILES string of the molecule is O=C(CN1CCN(c2ccc3ccccc3n2)CC1)Nc1ccccc1Cl. The largest absolute Gasteiger partial charge is 0.354 e. The summed E-state index contributed by atoms with van der Waals surface area (Å²) in [6, 6.07) is 19.6. The maximum absolute atomic E-state index is 12.3. The van der Waals surface area contributed by atoms with Gasteiger partial charge in [-0.25, -0.2) is 4.98 Å². The van der Waals surface area contributed by atoms with Crippen molar-refractivity contribution in [3.05, 3.63) is 65.7 Å². The first kappa shape index (κ1) is 17.8. The molecule has 0 unspecified atom stereocenters. The van der Waals surface area contributed by atoms with Crippen LogP contribution in [0.4, 0.5) is 11.5 Å². The van der Waals surface area contributed by atoms with Crippen LogP contribution >= 0.6 is 11.6 Å². The third-order valence-electron chi connectivity index (χ3n) is 4.80. The number of piperazine rings is 1. The fourth-order valence-corrected chi connectivity index (χ4v) is 3.50. The van der Waals surface area contributed by atoms with Gasteiger partial charge in [0, 0.05) is 31.6 Å². The minimum Gasteiger partial charge on any atom is -0.354 e. The number of benzene rings is 2. The molecule has 1 aliphatic heterocycles. The second-order valence-electron chi connectivity index (χ2n) is 6.65. The van der Waals surface area contributed by atoms with E-state index in [-0.39, 0.29) is 5.91 Å². The van der Waals surface area contributed by atoms with Crippen molar-refractivity contribution in [1.82, 2.24) is 9.88 Å². The first-order valence-corrected chi connectivity index (χ1v) is 9.44. The summed E-state index contributed by atoms with van der Waals surface area (Å²) < 4.78 is 0. The summed E-state index contributed by atoms with van der Waals surface area (Å²) in [6.07, 6.45) is 0. The van der Waals surface area contributed by atoms with E-state index in [0.717, 1.165) is 42.9 Å². The van der Waals surface area contributed by atoms with Crippen LogP contribution < -0.4 is 10.2 Å². The lowest BCUT2D eigenvalue weighted by atomic mass is 10.2. The fourth-order valence-electron chi connectivity index (χ4n) is 3.32. The average Bonchev–Trinajstić information content (AvgIpc) is 2.70. The van der Waals surface area contributed by atoms with Gasteiger partial charge in [-0.15, -0.1) is 0 Å². The zero-order valence-electron chi connectivity index (χ0n) is 14.9. The van der Waals surface area contributed by atoms with Crippen molar-refractivity contribution in [2.45, 2.75) is 0 Å². The number of fused-ring (bicyclic) bond motifs is 1. The van der Waals surface area contributed by atoms with Gasteiger partial charge in [-0.05, 0) is 30.3 Å². The van der Waals surface area contributed by atoms with Crippen molar-refractivity contribution in [3.63, 3.8) is 0 Å². The molecule has 5 nitrogen and oxygen atoms in total. The maximum atomic E-state index is 12.3. The Balaban J connectivity index is 1.33. The van der Waals surface area contributed by atoms with Gasteiger partial charge in [0.15, 0.2) is 0 Å². The molecule has 1 saturated heterocycles. The summed E-state index contributed by atoms with van der Waals surface area (Å²) in [6.45, 7) is 3.72. The van der Waals surface area contributed by atoms with Crippen molar-refractivity contribution < 1.29 is 4.79 Å². The number of hydrogen-bond acceptors (Lipinski definition) is 4. The van der Waals surface area contributed by atoms with Crippen molar-refractivity contribution in [2.24, 2.45) is 0 Å². The number of rotatable bonds is 4. The molecule has 2 heterocycles. The molecule has 0 bridgehead atoms. The highest BCUT2D eigenvalue weighted by molar-refractivity contribution is 6.33. The smallest absolute Gasteiger partial charge is 0.238 e. The Morgan fingerprint density at radius 2 is 1.70 bits per heavy atom. The summed E-state index contributed by atoms with van der Waals surface area (Å²) in [7, 11) is 0. The molecule has 1 aliphatic rings. The van der Waals surface area contributed by atoms with Gasteiger partial charge in [-0.1, -0.05) is 41.9 Å². The second kappa shape index (κ2) is 7.94. The van der Waals surface area contributed by atoms with Crippen molar-refractivity contribution in [1.29, 1.82) is 0 Å². The normalized spacial score (nSPS) is 15.1. The molecule has 2 aromatic carbocycles. The molecule has 4 rings (SSSR count). The van der Waals surface area contributed by atoms with Crippen LogP contribution in [-0.4, -0.2) is 48.5 Å². The fraction of sp³-hybridized carbons (Fsp3) is 0.238. The van der Waals surface area contributed by atoms with E-state index in [0.29, 0.717) is 17.3 Å². The van der Waals surface area contributed by atoms with Gasteiger partial charge >= 0.3 is 0 Å². The standard InChI is InChI=1S/C21H21ClN4O/c22-17-6-2-4-8-19(17)24-21(27)15-25-11-13-26(14-12-25)20-10-9-16-5-1-3-7-18(16)23-20/h1-10H,11-15H2,(H,24,27). The summed E-state index contributed by atoms with van der Waals surface area (Å²) >= 11 is 6.10. The molecule has 6 heteroatoms. The molecule has 0 aliphatic carbocycles. The molecular weight excluding hydrogens is 360 g/mol. The number of nitrogens with zero attached hydrogens (tertiary/aromatic N) is 3. The van der Waals surface area contributed by atoms with E-state index in [9.17, 15) is 4.79 Å². The summed E-state index contributed by atoms with van der Waals surface area (Å²) in [4.78, 5) is 21.5. The van der Waals surface area contributed by atoms with Crippen LogP contribution in [0.15, 0.2) is 60.7 Å². The van der Waals surface area contributed by atoms with E-state index in [2.05, 4.69) is 33.3 Å². The first-order valence-electron chi connectivity index (χ1n) is 9.06. The Hall–Kier alpha value is -2.63. The number of carbonyl (C=O) groups is 1. The molecule has 1 N–H and O–H groups in total. The van der Waals surface area contributed by atoms with Gasteiger partial charge in [0.25, 0.3) is 0 Å². The Kier molecular flexibility index (Phi) is 5.23. The van der Waals surface area contributed by atoms with E-state index in [4.69, 9.17) is 16.6 Å². The van der Waals surface area contributed by atoms with Crippen molar-refractivity contribution >= 4 is 39.9 Å². The molecule has 3 aromatic rings. The van der Waals surface area contributed by atoms with Crippen LogP contribution in [0.5, 0.6) is 0 Å². The maximum Gasteiger partial charge on any atom is 0.238 e. The topological polar surface area (TPSA) is 48.5 Å². The third-order valence-corrected chi connectivity index (χ3v) is 5.12. The molecule has 0 radical (unpaired) electrons. The minimum absolute atomic E-state index is 0.0413. The van der Waals surface area contributed by atoms with Crippen LogP contribution in [0.25, 0.3) is 10.9 Å². The number of nitrogens with one attached hydrogen (secondary N) is 1. The number of aromatic nitrogens is 1. The van der Waals surface area contributed by atoms with E-state index in [1.165, 1.54) is 0 Å². The highest BCUT2D eigenvalue weighted by atomic mass is 35.5. The first-order chi connectivity index (χ1) is 13.2. The zero-order chi connectivity index (χ0) is 18.6. The highest BCUT2D eigenvalue weighted by Gasteiger charge is 2.20. The lowest BCUT2D eigenvalue weighted by Crippen LogP contribution is -2.48. The van der Waals surface area contributed by atoms with Crippen LogP contribution in [0.2, 0.25) is 5.02 Å². The Bertz CT molecular complexity index is 954. The zero-order valence-corrected chi connectivity index (χ0v) is 15.7. The van der Waals surface area contributed by atoms with Gasteiger partial charge in [0.05, 0.1) is 22.8 Å². The van der Waals surface area contributed by atoms with Gasteiger partial charge < -0.3 is 10.2 Å². The molecule has 27 heavy (non-hydrogen) atoms. The number of hydrogen-bond donors (Lipinski definition) is 1. The van der Waals surface area contributed by atoms with Crippen LogP contribution in [0.1, 0.15) is 0 Å².